The number of H-pyrrole nitrogens is 1. The fourth-order valence-electron chi connectivity index (χ4n) is 3.34. The second-order valence-electron chi connectivity index (χ2n) is 6.69. The second-order valence-corrected chi connectivity index (χ2v) is 6.69. The van der Waals surface area contributed by atoms with E-state index in [1.54, 1.807) is 6.20 Å². The van der Waals surface area contributed by atoms with E-state index in [2.05, 4.69) is 26.3 Å². The lowest BCUT2D eigenvalue weighted by Gasteiger charge is -2.32. The Bertz CT molecular complexity index is 560. The van der Waals surface area contributed by atoms with Crippen LogP contribution in [0, 0.1) is 17.2 Å². The summed E-state index contributed by atoms with van der Waals surface area (Å²) in [4.78, 5) is 21.9. The zero-order valence-electron chi connectivity index (χ0n) is 13.0. The van der Waals surface area contributed by atoms with Crippen molar-refractivity contribution in [3.63, 3.8) is 0 Å². The van der Waals surface area contributed by atoms with Gasteiger partial charge >= 0.3 is 0 Å². The molecule has 2 N–H and O–H groups in total. The van der Waals surface area contributed by atoms with Crippen molar-refractivity contribution in [2.45, 2.75) is 44.1 Å². The Morgan fingerprint density at radius 3 is 3.05 bits per heavy atom. The van der Waals surface area contributed by atoms with Crippen molar-refractivity contribution in [2.75, 3.05) is 19.6 Å². The minimum atomic E-state index is -0.701. The summed E-state index contributed by atoms with van der Waals surface area (Å²) in [6, 6.07) is 2.27. The molecule has 6 nitrogen and oxygen atoms in total. The molecule has 22 heavy (non-hydrogen) atoms. The highest BCUT2D eigenvalue weighted by Gasteiger charge is 2.43. The number of rotatable bonds is 5. The Hall–Kier alpha value is -1.87. The molecular formula is C16H23N5O. The summed E-state index contributed by atoms with van der Waals surface area (Å²) >= 11 is 0. The first-order valence-electron chi connectivity index (χ1n) is 8.04. The maximum atomic E-state index is 12.3. The number of hydrogen-bond acceptors (Lipinski definition) is 4. The number of carbonyl (C=O) groups excluding carboxylic acids is 1. The topological polar surface area (TPSA) is 84.8 Å². The zero-order valence-corrected chi connectivity index (χ0v) is 13.0. The van der Waals surface area contributed by atoms with Crippen molar-refractivity contribution in [3.05, 3.63) is 18.2 Å². The van der Waals surface area contributed by atoms with Crippen LogP contribution in [0.3, 0.4) is 0 Å². The van der Waals surface area contributed by atoms with Crippen molar-refractivity contribution >= 4 is 5.91 Å². The Morgan fingerprint density at radius 2 is 2.41 bits per heavy atom. The first-order valence-corrected chi connectivity index (χ1v) is 8.04. The van der Waals surface area contributed by atoms with Gasteiger partial charge < -0.3 is 10.3 Å². The molecule has 2 heterocycles. The van der Waals surface area contributed by atoms with Crippen LogP contribution < -0.4 is 5.32 Å². The van der Waals surface area contributed by atoms with Crippen LogP contribution >= 0.6 is 0 Å². The highest BCUT2D eigenvalue weighted by atomic mass is 16.2. The van der Waals surface area contributed by atoms with Crippen LogP contribution in [0.15, 0.2) is 12.4 Å². The zero-order chi connectivity index (χ0) is 15.6. The van der Waals surface area contributed by atoms with E-state index in [1.807, 2.05) is 13.1 Å². The summed E-state index contributed by atoms with van der Waals surface area (Å²) in [5.41, 5.74) is -0.701. The normalized spacial score (nSPS) is 25.2. The van der Waals surface area contributed by atoms with Gasteiger partial charge in [0, 0.05) is 24.9 Å². The predicted molar refractivity (Wildman–Crippen MR) is 81.9 cm³/mol. The molecule has 6 heteroatoms. The highest BCUT2D eigenvalue weighted by molar-refractivity contribution is 5.79. The van der Waals surface area contributed by atoms with Crippen molar-refractivity contribution in [2.24, 2.45) is 5.92 Å². The number of hydrogen-bond donors (Lipinski definition) is 2. The van der Waals surface area contributed by atoms with Gasteiger partial charge in [0.25, 0.3) is 0 Å². The summed E-state index contributed by atoms with van der Waals surface area (Å²) in [6.45, 7) is 3.97. The van der Waals surface area contributed by atoms with Gasteiger partial charge in [-0.1, -0.05) is 0 Å². The summed E-state index contributed by atoms with van der Waals surface area (Å²) in [6.07, 6.45) is 7.85. The van der Waals surface area contributed by atoms with Crippen LogP contribution in [0.4, 0.5) is 0 Å². The molecule has 1 amide bonds. The van der Waals surface area contributed by atoms with E-state index >= 15 is 0 Å². The smallest absolute Gasteiger partial charge is 0.235 e. The average molecular weight is 301 g/mol. The van der Waals surface area contributed by atoms with Crippen LogP contribution in [0.2, 0.25) is 0 Å². The van der Waals surface area contributed by atoms with Gasteiger partial charge in [-0.25, -0.2) is 4.98 Å². The van der Waals surface area contributed by atoms with Gasteiger partial charge in [0.15, 0.2) is 0 Å². The van der Waals surface area contributed by atoms with Crippen LogP contribution in [-0.4, -0.2) is 45.9 Å². The Labute approximate surface area is 130 Å². The molecule has 3 rings (SSSR count). The van der Waals surface area contributed by atoms with E-state index in [4.69, 9.17) is 0 Å². The number of amides is 1. The number of aromatic amines is 1. The third-order valence-electron chi connectivity index (χ3n) is 4.80. The number of carbonyl (C=O) groups is 1. The molecule has 1 saturated carbocycles. The first kappa shape index (κ1) is 15.0. The van der Waals surface area contributed by atoms with E-state index in [1.165, 1.54) is 0 Å². The van der Waals surface area contributed by atoms with E-state index in [-0.39, 0.29) is 5.91 Å². The largest absolute Gasteiger partial charge is 0.348 e. The lowest BCUT2D eigenvalue weighted by molar-refractivity contribution is -0.124. The molecule has 118 valence electrons. The number of nitrogens with zero attached hydrogens (tertiary/aromatic N) is 3. The Morgan fingerprint density at radius 1 is 1.59 bits per heavy atom. The minimum absolute atomic E-state index is 0.0453. The van der Waals surface area contributed by atoms with Gasteiger partial charge in [-0.2, -0.15) is 5.26 Å². The molecule has 0 spiro atoms. The second kappa shape index (κ2) is 6.09. The molecule has 1 aliphatic carbocycles. The SMILES string of the molecule is C[C@](C#N)(NC(=O)CN1CCC[C@@H](c2ncc[nH]2)C1)C1CC1. The van der Waals surface area contributed by atoms with Crippen molar-refractivity contribution in [1.82, 2.24) is 20.2 Å². The molecule has 0 radical (unpaired) electrons. The summed E-state index contributed by atoms with van der Waals surface area (Å²) in [5.74, 6) is 1.64. The third kappa shape index (κ3) is 3.30. The minimum Gasteiger partial charge on any atom is -0.348 e. The summed E-state index contributed by atoms with van der Waals surface area (Å²) in [7, 11) is 0. The van der Waals surface area contributed by atoms with Gasteiger partial charge in [-0.3, -0.25) is 9.69 Å². The molecule has 2 aliphatic rings. The van der Waals surface area contributed by atoms with Crippen molar-refractivity contribution < 1.29 is 4.79 Å². The summed E-state index contributed by atoms with van der Waals surface area (Å²) in [5, 5.41) is 12.3. The number of imidazole rings is 1. The predicted octanol–water partition coefficient (Wildman–Crippen LogP) is 1.40. The van der Waals surface area contributed by atoms with Crippen LogP contribution in [0.25, 0.3) is 0 Å². The molecule has 0 aromatic carbocycles. The van der Waals surface area contributed by atoms with E-state index < -0.39 is 5.54 Å². The fraction of sp³-hybridized carbons (Fsp3) is 0.688. The molecule has 1 saturated heterocycles. The Kier molecular flexibility index (Phi) is 4.16. The van der Waals surface area contributed by atoms with Crippen LogP contribution in [0.1, 0.15) is 44.3 Å². The van der Waals surface area contributed by atoms with Crippen molar-refractivity contribution in [3.8, 4) is 6.07 Å². The number of likely N-dealkylation sites (tertiary alicyclic amines) is 1. The number of piperidine rings is 1. The molecular weight excluding hydrogens is 278 g/mol. The highest BCUT2D eigenvalue weighted by Crippen LogP contribution is 2.39. The molecule has 2 fully saturated rings. The Balaban J connectivity index is 1.54. The van der Waals surface area contributed by atoms with Crippen LogP contribution in [-0.2, 0) is 4.79 Å². The maximum absolute atomic E-state index is 12.3. The lowest BCUT2D eigenvalue weighted by Crippen LogP contribution is -2.51. The standard InChI is InChI=1S/C16H23N5O/c1-16(11-17,13-4-5-13)20-14(22)10-21-8-2-3-12(9-21)15-18-6-7-19-15/h6-7,12-13H,2-5,8-10H2,1H3,(H,18,19)(H,20,22)/t12-,16-/m1/s1. The van der Waals surface area contributed by atoms with E-state index in [0.717, 1.165) is 44.6 Å². The average Bonchev–Trinajstić information content (AvgIpc) is 3.23. The number of aromatic nitrogens is 2. The van der Waals surface area contributed by atoms with Gasteiger partial charge in [-0.15, -0.1) is 0 Å². The monoisotopic (exact) mass is 301 g/mol. The molecule has 2 atom stereocenters. The van der Waals surface area contributed by atoms with E-state index in [0.29, 0.717) is 18.4 Å². The van der Waals surface area contributed by atoms with Crippen molar-refractivity contribution in [1.29, 1.82) is 5.26 Å². The maximum Gasteiger partial charge on any atom is 0.235 e. The number of nitrogens with one attached hydrogen (secondary N) is 2. The van der Waals surface area contributed by atoms with E-state index in [9.17, 15) is 10.1 Å². The van der Waals surface area contributed by atoms with Gasteiger partial charge in [0.2, 0.25) is 5.91 Å². The van der Waals surface area contributed by atoms with Gasteiger partial charge in [-0.05, 0) is 45.1 Å². The molecule has 1 aromatic rings. The lowest BCUT2D eigenvalue weighted by atomic mass is 9.96. The van der Waals surface area contributed by atoms with Crippen LogP contribution in [0.5, 0.6) is 0 Å². The fourth-order valence-corrected chi connectivity index (χ4v) is 3.34. The molecule has 0 bridgehead atoms. The molecule has 0 unspecified atom stereocenters. The number of nitriles is 1. The summed E-state index contributed by atoms with van der Waals surface area (Å²) < 4.78 is 0. The first-order chi connectivity index (χ1) is 10.6. The third-order valence-corrected chi connectivity index (χ3v) is 4.80. The quantitative estimate of drug-likeness (QED) is 0.861. The van der Waals surface area contributed by atoms with Gasteiger partial charge in [0.05, 0.1) is 12.6 Å². The molecule has 1 aromatic heterocycles. The van der Waals surface area contributed by atoms with Gasteiger partial charge in [0.1, 0.15) is 11.4 Å². The molecule has 1 aliphatic heterocycles.